The highest BCUT2D eigenvalue weighted by Gasteiger charge is 2.31. The number of hydrogen-bond donors (Lipinski definition) is 2. The van der Waals surface area contributed by atoms with Crippen LogP contribution in [0.5, 0.6) is 0 Å². The largest absolute Gasteiger partial charge is 0.354 e. The van der Waals surface area contributed by atoms with Crippen LogP contribution in [0.2, 0.25) is 0 Å². The van der Waals surface area contributed by atoms with Crippen LogP contribution in [0.4, 0.5) is 0 Å². The Morgan fingerprint density at radius 1 is 1.16 bits per heavy atom. The monoisotopic (exact) mass is 284 g/mol. The Morgan fingerprint density at radius 3 is 2.47 bits per heavy atom. The van der Waals surface area contributed by atoms with Gasteiger partial charge in [0.05, 0.1) is 6.54 Å². The quantitative estimate of drug-likeness (QED) is 0.788. The highest BCUT2D eigenvalue weighted by Crippen LogP contribution is 2.37. The normalized spacial score (nSPS) is 23.4. The highest BCUT2D eigenvalue weighted by atomic mass is 32.2. The molecule has 0 aromatic heterocycles. The molecule has 2 aliphatic rings. The SMILES string of the molecule is CSC1(CNC(=O)CNC2CCCC2)CCCCC1. The fraction of sp³-hybridized carbons (Fsp3) is 0.933. The van der Waals surface area contributed by atoms with Crippen molar-refractivity contribution in [2.24, 2.45) is 0 Å². The van der Waals surface area contributed by atoms with E-state index in [2.05, 4.69) is 16.9 Å². The summed E-state index contributed by atoms with van der Waals surface area (Å²) in [6, 6.07) is 0.579. The Morgan fingerprint density at radius 2 is 1.84 bits per heavy atom. The molecule has 0 atom stereocenters. The zero-order chi connectivity index (χ0) is 13.6. The Labute approximate surface area is 121 Å². The van der Waals surface area contributed by atoms with Crippen molar-refractivity contribution in [3.05, 3.63) is 0 Å². The van der Waals surface area contributed by atoms with Crippen molar-refractivity contribution < 1.29 is 4.79 Å². The van der Waals surface area contributed by atoms with Gasteiger partial charge >= 0.3 is 0 Å². The maximum absolute atomic E-state index is 11.9. The third-order valence-electron chi connectivity index (χ3n) is 4.71. The van der Waals surface area contributed by atoms with Crippen molar-refractivity contribution in [3.8, 4) is 0 Å². The number of carbonyl (C=O) groups is 1. The summed E-state index contributed by atoms with van der Waals surface area (Å²) in [6.07, 6.45) is 13.8. The molecule has 0 heterocycles. The number of amides is 1. The first kappa shape index (κ1) is 15.2. The van der Waals surface area contributed by atoms with E-state index in [1.165, 1.54) is 57.8 Å². The van der Waals surface area contributed by atoms with E-state index in [4.69, 9.17) is 0 Å². The highest BCUT2D eigenvalue weighted by molar-refractivity contribution is 8.00. The number of nitrogens with one attached hydrogen (secondary N) is 2. The molecule has 2 N–H and O–H groups in total. The van der Waals surface area contributed by atoms with Crippen LogP contribution in [0, 0.1) is 0 Å². The van der Waals surface area contributed by atoms with Gasteiger partial charge in [0, 0.05) is 17.3 Å². The first-order valence-corrected chi connectivity index (χ1v) is 9.02. The van der Waals surface area contributed by atoms with Crippen molar-refractivity contribution in [2.75, 3.05) is 19.3 Å². The van der Waals surface area contributed by atoms with E-state index < -0.39 is 0 Å². The Hall–Kier alpha value is -0.220. The zero-order valence-corrected chi connectivity index (χ0v) is 13.0. The second kappa shape index (κ2) is 7.53. The van der Waals surface area contributed by atoms with Gasteiger partial charge in [-0.05, 0) is 31.9 Å². The maximum Gasteiger partial charge on any atom is 0.234 e. The standard InChI is InChI=1S/C15H28N2OS/c1-19-15(9-5-2-6-10-15)12-17-14(18)11-16-13-7-3-4-8-13/h13,16H,2-12H2,1H3,(H,17,18). The molecule has 2 saturated carbocycles. The molecule has 0 saturated heterocycles. The predicted octanol–water partition coefficient (Wildman–Crippen LogP) is 2.70. The van der Waals surface area contributed by atoms with Crippen LogP contribution in [0.1, 0.15) is 57.8 Å². The number of hydrogen-bond acceptors (Lipinski definition) is 3. The van der Waals surface area contributed by atoms with Crippen LogP contribution in [-0.4, -0.2) is 36.0 Å². The lowest BCUT2D eigenvalue weighted by atomic mass is 9.88. The third-order valence-corrected chi connectivity index (χ3v) is 6.13. The van der Waals surface area contributed by atoms with E-state index in [0.717, 1.165) is 6.54 Å². The minimum Gasteiger partial charge on any atom is -0.354 e. The molecule has 2 fully saturated rings. The third kappa shape index (κ3) is 4.67. The summed E-state index contributed by atoms with van der Waals surface area (Å²) >= 11 is 1.94. The van der Waals surface area contributed by atoms with Crippen LogP contribution < -0.4 is 10.6 Å². The minimum absolute atomic E-state index is 0.172. The molecule has 4 heteroatoms. The summed E-state index contributed by atoms with van der Waals surface area (Å²) in [5.74, 6) is 0.172. The van der Waals surface area contributed by atoms with Gasteiger partial charge in [-0.15, -0.1) is 0 Å². The average Bonchev–Trinajstić information content (AvgIpc) is 2.97. The molecule has 0 aromatic carbocycles. The Kier molecular flexibility index (Phi) is 6.02. The number of rotatable bonds is 6. The summed E-state index contributed by atoms with van der Waals surface area (Å²) in [6.45, 7) is 1.34. The molecule has 0 unspecified atom stereocenters. The molecular formula is C15H28N2OS. The average molecular weight is 284 g/mol. The minimum atomic E-state index is 0.172. The van der Waals surface area contributed by atoms with Crippen molar-refractivity contribution in [1.29, 1.82) is 0 Å². The first-order valence-electron chi connectivity index (χ1n) is 7.79. The number of thioether (sulfide) groups is 1. The lowest BCUT2D eigenvalue weighted by Crippen LogP contribution is -2.45. The van der Waals surface area contributed by atoms with Crippen LogP contribution in [0.25, 0.3) is 0 Å². The van der Waals surface area contributed by atoms with Crippen molar-refractivity contribution in [2.45, 2.75) is 68.6 Å². The topological polar surface area (TPSA) is 41.1 Å². The maximum atomic E-state index is 11.9. The van der Waals surface area contributed by atoms with E-state index in [9.17, 15) is 4.79 Å². The summed E-state index contributed by atoms with van der Waals surface area (Å²) in [5.41, 5.74) is 0. The lowest BCUT2D eigenvalue weighted by molar-refractivity contribution is -0.120. The van der Waals surface area contributed by atoms with Crippen LogP contribution in [0.3, 0.4) is 0 Å². The summed E-state index contributed by atoms with van der Waals surface area (Å²) < 4.78 is 0.307. The van der Waals surface area contributed by atoms with Gasteiger partial charge in [0.15, 0.2) is 0 Å². The van der Waals surface area contributed by atoms with Crippen LogP contribution >= 0.6 is 11.8 Å². The van der Waals surface area contributed by atoms with Gasteiger partial charge in [0.1, 0.15) is 0 Å². The van der Waals surface area contributed by atoms with Gasteiger partial charge in [-0.3, -0.25) is 4.79 Å². The fourth-order valence-corrected chi connectivity index (χ4v) is 4.25. The van der Waals surface area contributed by atoms with E-state index >= 15 is 0 Å². The Balaban J connectivity index is 1.66. The van der Waals surface area contributed by atoms with E-state index in [1.54, 1.807) is 0 Å². The second-order valence-corrected chi connectivity index (χ2v) is 7.36. The van der Waals surface area contributed by atoms with Gasteiger partial charge in [0.25, 0.3) is 0 Å². The molecule has 110 valence electrons. The lowest BCUT2D eigenvalue weighted by Gasteiger charge is -2.35. The molecule has 2 rings (SSSR count). The van der Waals surface area contributed by atoms with Gasteiger partial charge < -0.3 is 10.6 Å². The summed E-state index contributed by atoms with van der Waals surface area (Å²) in [4.78, 5) is 11.9. The van der Waals surface area contributed by atoms with Gasteiger partial charge in [-0.25, -0.2) is 0 Å². The van der Waals surface area contributed by atoms with Crippen molar-refractivity contribution in [3.63, 3.8) is 0 Å². The fourth-order valence-electron chi connectivity index (χ4n) is 3.34. The van der Waals surface area contributed by atoms with Gasteiger partial charge in [-0.1, -0.05) is 32.1 Å². The smallest absolute Gasteiger partial charge is 0.234 e. The molecule has 0 aliphatic heterocycles. The zero-order valence-electron chi connectivity index (χ0n) is 12.2. The molecule has 0 radical (unpaired) electrons. The first-order chi connectivity index (χ1) is 9.24. The second-order valence-electron chi connectivity index (χ2n) is 6.09. The Bertz CT molecular complexity index is 284. The molecule has 0 aromatic rings. The summed E-state index contributed by atoms with van der Waals surface area (Å²) in [5, 5.41) is 6.53. The van der Waals surface area contributed by atoms with Gasteiger partial charge in [-0.2, -0.15) is 11.8 Å². The summed E-state index contributed by atoms with van der Waals surface area (Å²) in [7, 11) is 0. The molecule has 19 heavy (non-hydrogen) atoms. The molecule has 3 nitrogen and oxygen atoms in total. The van der Waals surface area contributed by atoms with Crippen LogP contribution in [-0.2, 0) is 4.79 Å². The molecule has 2 aliphatic carbocycles. The van der Waals surface area contributed by atoms with Crippen molar-refractivity contribution in [1.82, 2.24) is 10.6 Å². The van der Waals surface area contributed by atoms with Crippen LogP contribution in [0.15, 0.2) is 0 Å². The molecule has 0 spiro atoms. The number of carbonyl (C=O) groups excluding carboxylic acids is 1. The predicted molar refractivity (Wildman–Crippen MR) is 82.6 cm³/mol. The van der Waals surface area contributed by atoms with E-state index in [1.807, 2.05) is 11.8 Å². The molecule has 0 bridgehead atoms. The van der Waals surface area contributed by atoms with Gasteiger partial charge in [0.2, 0.25) is 5.91 Å². The van der Waals surface area contributed by atoms with E-state index in [-0.39, 0.29) is 5.91 Å². The van der Waals surface area contributed by atoms with Crippen molar-refractivity contribution >= 4 is 17.7 Å². The molecule has 1 amide bonds. The molecular weight excluding hydrogens is 256 g/mol. The van der Waals surface area contributed by atoms with E-state index in [0.29, 0.717) is 17.3 Å².